The summed E-state index contributed by atoms with van der Waals surface area (Å²) in [7, 11) is 0. The fourth-order valence-electron chi connectivity index (χ4n) is 1.89. The quantitative estimate of drug-likeness (QED) is 0.798. The van der Waals surface area contributed by atoms with Crippen LogP contribution in [0.15, 0.2) is 22.8 Å². The molecule has 2 N–H and O–H groups in total. The van der Waals surface area contributed by atoms with Crippen LogP contribution >= 0.6 is 0 Å². The lowest BCUT2D eigenvalue weighted by molar-refractivity contribution is 0.235. The Morgan fingerprint density at radius 2 is 2.27 bits per heavy atom. The number of carbonyl (C=O) groups excluding carboxylic acids is 1. The molecule has 1 saturated carbocycles. The Hall–Kier alpha value is -1.45. The Balaban J connectivity index is 1.68. The summed E-state index contributed by atoms with van der Waals surface area (Å²) in [5.74, 6) is 0.775. The molecule has 0 aliphatic heterocycles. The first kappa shape index (κ1) is 10.1. The molecular weight excluding hydrogens is 192 g/mol. The molecule has 4 nitrogen and oxygen atoms in total. The maximum atomic E-state index is 11.4. The number of rotatable bonds is 3. The molecule has 1 heterocycles. The van der Waals surface area contributed by atoms with Crippen molar-refractivity contribution in [2.24, 2.45) is 0 Å². The van der Waals surface area contributed by atoms with Gasteiger partial charge in [0.25, 0.3) is 0 Å². The Bertz CT molecular complexity index is 302. The highest BCUT2D eigenvalue weighted by Gasteiger charge is 2.16. The molecule has 0 radical (unpaired) electrons. The van der Waals surface area contributed by atoms with Crippen molar-refractivity contribution in [1.29, 1.82) is 0 Å². The maximum absolute atomic E-state index is 11.4. The van der Waals surface area contributed by atoms with Crippen LogP contribution in [-0.4, -0.2) is 12.1 Å². The molecule has 15 heavy (non-hydrogen) atoms. The average molecular weight is 208 g/mol. The van der Waals surface area contributed by atoms with Gasteiger partial charge in [-0.3, -0.25) is 0 Å². The van der Waals surface area contributed by atoms with Gasteiger partial charge in [-0.05, 0) is 25.0 Å². The van der Waals surface area contributed by atoms with Gasteiger partial charge >= 0.3 is 6.03 Å². The minimum atomic E-state index is -0.0988. The fourth-order valence-corrected chi connectivity index (χ4v) is 1.89. The predicted molar refractivity (Wildman–Crippen MR) is 56.3 cm³/mol. The zero-order valence-corrected chi connectivity index (χ0v) is 8.66. The van der Waals surface area contributed by atoms with E-state index in [4.69, 9.17) is 4.42 Å². The molecule has 82 valence electrons. The van der Waals surface area contributed by atoms with E-state index in [1.54, 1.807) is 6.26 Å². The first-order valence-corrected chi connectivity index (χ1v) is 5.41. The lowest BCUT2D eigenvalue weighted by Crippen LogP contribution is -2.40. The monoisotopic (exact) mass is 208 g/mol. The minimum absolute atomic E-state index is 0.0988. The molecule has 1 fully saturated rings. The van der Waals surface area contributed by atoms with Crippen molar-refractivity contribution < 1.29 is 9.21 Å². The van der Waals surface area contributed by atoms with Crippen LogP contribution in [0.2, 0.25) is 0 Å². The van der Waals surface area contributed by atoms with Gasteiger partial charge in [0, 0.05) is 6.04 Å². The summed E-state index contributed by atoms with van der Waals surface area (Å²) in [5, 5.41) is 5.72. The van der Waals surface area contributed by atoms with Gasteiger partial charge in [0.2, 0.25) is 0 Å². The second kappa shape index (κ2) is 4.87. The lowest BCUT2D eigenvalue weighted by Gasteiger charge is -2.12. The number of nitrogens with one attached hydrogen (secondary N) is 2. The summed E-state index contributed by atoms with van der Waals surface area (Å²) in [6.07, 6.45) is 6.26. The zero-order valence-electron chi connectivity index (χ0n) is 8.66. The Morgan fingerprint density at radius 3 is 2.93 bits per heavy atom. The van der Waals surface area contributed by atoms with Crippen molar-refractivity contribution in [2.45, 2.75) is 38.3 Å². The molecular formula is C11H16N2O2. The molecule has 0 saturated heterocycles. The summed E-state index contributed by atoms with van der Waals surface area (Å²) < 4.78 is 5.11. The van der Waals surface area contributed by atoms with Crippen molar-refractivity contribution in [3.8, 4) is 0 Å². The maximum Gasteiger partial charge on any atom is 0.315 e. The molecule has 0 aromatic carbocycles. The molecule has 2 rings (SSSR count). The van der Waals surface area contributed by atoms with Gasteiger partial charge in [-0.25, -0.2) is 4.79 Å². The highest BCUT2D eigenvalue weighted by molar-refractivity contribution is 5.74. The zero-order chi connectivity index (χ0) is 10.5. The van der Waals surface area contributed by atoms with E-state index in [1.165, 1.54) is 12.8 Å². The van der Waals surface area contributed by atoms with E-state index in [1.807, 2.05) is 12.1 Å². The Labute approximate surface area is 89.0 Å². The minimum Gasteiger partial charge on any atom is -0.467 e. The van der Waals surface area contributed by atoms with Crippen LogP contribution < -0.4 is 10.6 Å². The van der Waals surface area contributed by atoms with Gasteiger partial charge in [0.05, 0.1) is 12.8 Å². The van der Waals surface area contributed by atoms with Gasteiger partial charge < -0.3 is 15.1 Å². The van der Waals surface area contributed by atoms with E-state index >= 15 is 0 Å². The molecule has 1 aromatic heterocycles. The van der Waals surface area contributed by atoms with Gasteiger partial charge in [0.15, 0.2) is 0 Å². The first-order valence-electron chi connectivity index (χ1n) is 5.41. The number of hydrogen-bond donors (Lipinski definition) is 2. The van der Waals surface area contributed by atoms with Crippen LogP contribution in [0.4, 0.5) is 4.79 Å². The van der Waals surface area contributed by atoms with E-state index in [9.17, 15) is 4.79 Å². The summed E-state index contributed by atoms with van der Waals surface area (Å²) in [4.78, 5) is 11.4. The van der Waals surface area contributed by atoms with E-state index in [-0.39, 0.29) is 6.03 Å². The third kappa shape index (κ3) is 3.01. The number of amides is 2. The molecule has 1 aromatic rings. The molecule has 1 aliphatic rings. The van der Waals surface area contributed by atoms with Gasteiger partial charge in [0.1, 0.15) is 5.76 Å². The number of carbonyl (C=O) groups is 1. The SMILES string of the molecule is O=C(NCc1ccco1)NC1CCCC1. The van der Waals surface area contributed by atoms with Crippen LogP contribution in [0, 0.1) is 0 Å². The molecule has 0 bridgehead atoms. The second-order valence-electron chi connectivity index (χ2n) is 3.89. The highest BCUT2D eigenvalue weighted by atomic mass is 16.3. The van der Waals surface area contributed by atoms with Gasteiger partial charge in [-0.1, -0.05) is 12.8 Å². The van der Waals surface area contributed by atoms with E-state index in [2.05, 4.69) is 10.6 Å². The Kier molecular flexibility index (Phi) is 3.27. The number of urea groups is 1. The smallest absolute Gasteiger partial charge is 0.315 e. The van der Waals surface area contributed by atoms with Crippen molar-refractivity contribution in [3.63, 3.8) is 0 Å². The summed E-state index contributed by atoms with van der Waals surface area (Å²) in [6, 6.07) is 3.92. The first-order chi connectivity index (χ1) is 7.34. The normalized spacial score (nSPS) is 16.5. The van der Waals surface area contributed by atoms with Crippen molar-refractivity contribution in [1.82, 2.24) is 10.6 Å². The third-order valence-electron chi connectivity index (χ3n) is 2.69. The standard InChI is InChI=1S/C11H16N2O2/c14-11(13-9-4-1-2-5-9)12-8-10-6-3-7-15-10/h3,6-7,9H,1-2,4-5,8H2,(H2,12,13,14). The fraction of sp³-hybridized carbons (Fsp3) is 0.545. The van der Waals surface area contributed by atoms with Crippen LogP contribution in [0.3, 0.4) is 0 Å². The molecule has 4 heteroatoms. The number of furan rings is 1. The van der Waals surface area contributed by atoms with E-state index < -0.39 is 0 Å². The third-order valence-corrected chi connectivity index (χ3v) is 2.69. The summed E-state index contributed by atoms with van der Waals surface area (Å²) >= 11 is 0. The van der Waals surface area contributed by atoms with Crippen LogP contribution in [0.25, 0.3) is 0 Å². The van der Waals surface area contributed by atoms with Crippen molar-refractivity contribution >= 4 is 6.03 Å². The average Bonchev–Trinajstić information content (AvgIpc) is 2.86. The summed E-state index contributed by atoms with van der Waals surface area (Å²) in [5.41, 5.74) is 0. The predicted octanol–water partition coefficient (Wildman–Crippen LogP) is 2.02. The van der Waals surface area contributed by atoms with Crippen LogP contribution in [-0.2, 0) is 6.54 Å². The highest BCUT2D eigenvalue weighted by Crippen LogP contribution is 2.17. The van der Waals surface area contributed by atoms with E-state index in [0.717, 1.165) is 18.6 Å². The van der Waals surface area contributed by atoms with Crippen LogP contribution in [0.5, 0.6) is 0 Å². The summed E-state index contributed by atoms with van der Waals surface area (Å²) in [6.45, 7) is 0.450. The molecule has 0 spiro atoms. The molecule has 0 atom stereocenters. The van der Waals surface area contributed by atoms with E-state index in [0.29, 0.717) is 12.6 Å². The molecule has 2 amide bonds. The van der Waals surface area contributed by atoms with Crippen LogP contribution in [0.1, 0.15) is 31.4 Å². The number of hydrogen-bond acceptors (Lipinski definition) is 2. The molecule has 1 aliphatic carbocycles. The van der Waals surface area contributed by atoms with Crippen molar-refractivity contribution in [2.75, 3.05) is 0 Å². The van der Waals surface area contributed by atoms with Gasteiger partial charge in [-0.15, -0.1) is 0 Å². The Morgan fingerprint density at radius 1 is 1.47 bits per heavy atom. The lowest BCUT2D eigenvalue weighted by atomic mass is 10.2. The largest absolute Gasteiger partial charge is 0.467 e. The van der Waals surface area contributed by atoms with Crippen molar-refractivity contribution in [3.05, 3.63) is 24.2 Å². The molecule has 0 unspecified atom stereocenters. The second-order valence-corrected chi connectivity index (χ2v) is 3.89. The topological polar surface area (TPSA) is 54.3 Å². The van der Waals surface area contributed by atoms with Gasteiger partial charge in [-0.2, -0.15) is 0 Å².